The third-order valence-corrected chi connectivity index (χ3v) is 4.94. The molecular weight excluding hydrogens is 340 g/mol. The first-order valence-electron chi connectivity index (χ1n) is 9.37. The van der Waals surface area contributed by atoms with Gasteiger partial charge in [0.05, 0.1) is 5.52 Å². The van der Waals surface area contributed by atoms with E-state index in [0.29, 0.717) is 11.2 Å². The molecule has 27 heavy (non-hydrogen) atoms. The number of amides is 2. The van der Waals surface area contributed by atoms with Gasteiger partial charge < -0.3 is 10.6 Å². The Balaban J connectivity index is 1.62. The largest absolute Gasteiger partial charge is 0.347 e. The van der Waals surface area contributed by atoms with Crippen molar-refractivity contribution in [3.63, 3.8) is 0 Å². The van der Waals surface area contributed by atoms with E-state index in [9.17, 15) is 9.59 Å². The molecule has 1 saturated carbocycles. The third kappa shape index (κ3) is 3.69. The summed E-state index contributed by atoms with van der Waals surface area (Å²) in [6.07, 6.45) is 7.25. The molecule has 2 amide bonds. The highest BCUT2D eigenvalue weighted by Crippen LogP contribution is 2.19. The summed E-state index contributed by atoms with van der Waals surface area (Å²) in [7, 11) is 0. The molecule has 1 aliphatic rings. The van der Waals surface area contributed by atoms with E-state index in [1.807, 2.05) is 42.5 Å². The molecule has 1 fully saturated rings. The standard InChI is InChI=1S/C21H22N4O2/c26-20(22-15-9-3-1-4-10-15)18-17-13-7-8-14-25(17)19(24-18)21(27)23-16-11-5-2-6-12-16/h1,3-4,7-10,13-14,16H,2,5-6,11-12H2,(H,22,26)(H,23,27). The second-order valence-electron chi connectivity index (χ2n) is 6.87. The number of para-hydroxylation sites is 1. The van der Waals surface area contributed by atoms with Crippen LogP contribution in [0.15, 0.2) is 54.7 Å². The molecule has 0 saturated heterocycles. The van der Waals surface area contributed by atoms with Gasteiger partial charge in [-0.3, -0.25) is 14.0 Å². The van der Waals surface area contributed by atoms with Crippen LogP contribution in [0.25, 0.3) is 5.52 Å². The van der Waals surface area contributed by atoms with Crippen LogP contribution in [0.1, 0.15) is 53.2 Å². The van der Waals surface area contributed by atoms with Gasteiger partial charge in [-0.25, -0.2) is 4.98 Å². The van der Waals surface area contributed by atoms with Crippen molar-refractivity contribution in [1.29, 1.82) is 0 Å². The van der Waals surface area contributed by atoms with Gasteiger partial charge >= 0.3 is 0 Å². The zero-order valence-corrected chi connectivity index (χ0v) is 15.0. The minimum absolute atomic E-state index is 0.184. The van der Waals surface area contributed by atoms with Gasteiger partial charge in [0.25, 0.3) is 11.8 Å². The van der Waals surface area contributed by atoms with E-state index in [2.05, 4.69) is 15.6 Å². The lowest BCUT2D eigenvalue weighted by Gasteiger charge is -2.22. The highest BCUT2D eigenvalue weighted by atomic mass is 16.2. The summed E-state index contributed by atoms with van der Waals surface area (Å²) in [5.74, 6) is -0.321. The van der Waals surface area contributed by atoms with Crippen LogP contribution in [0.3, 0.4) is 0 Å². The second-order valence-corrected chi connectivity index (χ2v) is 6.87. The number of hydrogen-bond donors (Lipinski definition) is 2. The molecule has 0 unspecified atom stereocenters. The van der Waals surface area contributed by atoms with Crippen LogP contribution in [0.4, 0.5) is 5.69 Å². The number of carbonyl (C=O) groups is 2. The summed E-state index contributed by atoms with van der Waals surface area (Å²) in [5.41, 5.74) is 1.54. The van der Waals surface area contributed by atoms with E-state index >= 15 is 0 Å². The molecule has 6 heteroatoms. The van der Waals surface area contributed by atoms with Gasteiger partial charge in [-0.05, 0) is 37.1 Å². The first-order valence-corrected chi connectivity index (χ1v) is 9.37. The number of rotatable bonds is 4. The van der Waals surface area contributed by atoms with Crippen LogP contribution in [-0.2, 0) is 0 Å². The number of fused-ring (bicyclic) bond motifs is 1. The van der Waals surface area contributed by atoms with Crippen molar-refractivity contribution < 1.29 is 9.59 Å². The minimum atomic E-state index is -0.332. The van der Waals surface area contributed by atoms with Crippen LogP contribution < -0.4 is 10.6 Å². The molecular formula is C21H22N4O2. The van der Waals surface area contributed by atoms with Gasteiger partial charge in [-0.15, -0.1) is 0 Å². The maximum atomic E-state index is 12.8. The molecule has 6 nitrogen and oxygen atoms in total. The summed E-state index contributed by atoms with van der Waals surface area (Å²) < 4.78 is 1.68. The Hall–Kier alpha value is -3.15. The molecule has 4 rings (SSSR count). The van der Waals surface area contributed by atoms with Crippen LogP contribution >= 0.6 is 0 Å². The van der Waals surface area contributed by atoms with Crippen molar-refractivity contribution in [1.82, 2.24) is 14.7 Å². The van der Waals surface area contributed by atoms with E-state index < -0.39 is 0 Å². The normalized spacial score (nSPS) is 14.8. The molecule has 138 valence electrons. The second kappa shape index (κ2) is 7.61. The van der Waals surface area contributed by atoms with Gasteiger partial charge in [-0.2, -0.15) is 0 Å². The van der Waals surface area contributed by atoms with Crippen LogP contribution in [0.2, 0.25) is 0 Å². The average Bonchev–Trinajstić information content (AvgIpc) is 3.09. The molecule has 0 bridgehead atoms. The van der Waals surface area contributed by atoms with E-state index in [4.69, 9.17) is 0 Å². The number of benzene rings is 1. The lowest BCUT2D eigenvalue weighted by Crippen LogP contribution is -2.37. The molecule has 0 spiro atoms. The summed E-state index contributed by atoms with van der Waals surface area (Å²) in [6, 6.07) is 14.8. The summed E-state index contributed by atoms with van der Waals surface area (Å²) in [4.78, 5) is 29.9. The molecule has 1 aliphatic carbocycles. The van der Waals surface area contributed by atoms with Crippen LogP contribution in [-0.4, -0.2) is 27.2 Å². The van der Waals surface area contributed by atoms with Crippen molar-refractivity contribution in [3.05, 3.63) is 66.2 Å². The molecule has 0 aliphatic heterocycles. The van der Waals surface area contributed by atoms with E-state index in [-0.39, 0.29) is 29.4 Å². The molecule has 0 radical (unpaired) electrons. The van der Waals surface area contributed by atoms with E-state index in [1.54, 1.807) is 16.7 Å². The Morgan fingerprint density at radius 3 is 2.44 bits per heavy atom. The predicted octanol–water partition coefficient (Wildman–Crippen LogP) is 3.65. The third-order valence-electron chi connectivity index (χ3n) is 4.94. The zero-order valence-electron chi connectivity index (χ0n) is 15.0. The van der Waals surface area contributed by atoms with Gasteiger partial charge in [0.15, 0.2) is 5.69 Å². The molecule has 2 heterocycles. The number of hydrogen-bond acceptors (Lipinski definition) is 3. The number of pyridine rings is 1. The van der Waals surface area contributed by atoms with Crippen molar-refractivity contribution in [2.75, 3.05) is 5.32 Å². The first kappa shape index (κ1) is 17.3. The van der Waals surface area contributed by atoms with Gasteiger partial charge in [0, 0.05) is 17.9 Å². The summed E-state index contributed by atoms with van der Waals surface area (Å²) in [5, 5.41) is 5.91. The average molecular weight is 362 g/mol. The van der Waals surface area contributed by atoms with E-state index in [0.717, 1.165) is 25.7 Å². The van der Waals surface area contributed by atoms with Gasteiger partial charge in [-0.1, -0.05) is 43.5 Å². The lowest BCUT2D eigenvalue weighted by atomic mass is 9.95. The highest BCUT2D eigenvalue weighted by molar-refractivity contribution is 6.08. The highest BCUT2D eigenvalue weighted by Gasteiger charge is 2.24. The zero-order chi connectivity index (χ0) is 18.6. The topological polar surface area (TPSA) is 75.5 Å². The first-order chi connectivity index (χ1) is 13.2. The van der Waals surface area contributed by atoms with Crippen molar-refractivity contribution >= 4 is 23.0 Å². The summed E-state index contributed by atoms with van der Waals surface area (Å²) >= 11 is 0. The molecule has 2 N–H and O–H groups in total. The fourth-order valence-corrected chi connectivity index (χ4v) is 3.57. The van der Waals surface area contributed by atoms with Crippen LogP contribution in [0, 0.1) is 0 Å². The Labute approximate surface area is 157 Å². The van der Waals surface area contributed by atoms with Crippen molar-refractivity contribution in [3.8, 4) is 0 Å². The predicted molar refractivity (Wildman–Crippen MR) is 104 cm³/mol. The minimum Gasteiger partial charge on any atom is -0.347 e. The Kier molecular flexibility index (Phi) is 4.87. The molecule has 1 aromatic carbocycles. The fourth-order valence-electron chi connectivity index (χ4n) is 3.57. The molecule has 0 atom stereocenters. The Morgan fingerprint density at radius 2 is 1.67 bits per heavy atom. The Bertz CT molecular complexity index is 959. The molecule has 2 aromatic heterocycles. The number of anilines is 1. The quantitative estimate of drug-likeness (QED) is 0.744. The number of carbonyl (C=O) groups excluding carboxylic acids is 2. The van der Waals surface area contributed by atoms with E-state index in [1.165, 1.54) is 6.42 Å². The number of aromatic nitrogens is 2. The smallest absolute Gasteiger partial charge is 0.287 e. The van der Waals surface area contributed by atoms with Crippen molar-refractivity contribution in [2.45, 2.75) is 38.1 Å². The maximum absolute atomic E-state index is 12.8. The van der Waals surface area contributed by atoms with Crippen LogP contribution in [0.5, 0.6) is 0 Å². The fraction of sp³-hybridized carbons (Fsp3) is 0.286. The summed E-state index contributed by atoms with van der Waals surface area (Å²) in [6.45, 7) is 0. The SMILES string of the molecule is O=C(Nc1ccccc1)c1nc(C(=O)NC2CCCCC2)n2ccccc12. The number of imidazole rings is 1. The number of nitrogens with zero attached hydrogens (tertiary/aromatic N) is 2. The van der Waals surface area contributed by atoms with Gasteiger partial charge in [0.2, 0.25) is 5.82 Å². The monoisotopic (exact) mass is 362 g/mol. The number of nitrogens with one attached hydrogen (secondary N) is 2. The maximum Gasteiger partial charge on any atom is 0.287 e. The molecule has 3 aromatic rings. The van der Waals surface area contributed by atoms with Crippen molar-refractivity contribution in [2.24, 2.45) is 0 Å². The lowest BCUT2D eigenvalue weighted by molar-refractivity contribution is 0.0916. The Morgan fingerprint density at radius 1 is 0.926 bits per heavy atom. The van der Waals surface area contributed by atoms with Gasteiger partial charge in [0.1, 0.15) is 0 Å².